The first-order chi connectivity index (χ1) is 11.9. The van der Waals surface area contributed by atoms with Gasteiger partial charge in [-0.3, -0.25) is 14.5 Å². The predicted octanol–water partition coefficient (Wildman–Crippen LogP) is 1.96. The van der Waals surface area contributed by atoms with Crippen molar-refractivity contribution in [2.45, 2.75) is 57.6 Å². The fourth-order valence-electron chi connectivity index (χ4n) is 8.66. The second-order valence-electron chi connectivity index (χ2n) is 10.0. The van der Waals surface area contributed by atoms with E-state index in [1.165, 1.54) is 0 Å². The van der Waals surface area contributed by atoms with Gasteiger partial charge in [-0.25, -0.2) is 0 Å². The number of nitrogens with zero attached hydrogens (tertiary/aromatic N) is 1. The molecule has 0 aromatic heterocycles. The summed E-state index contributed by atoms with van der Waals surface area (Å²) in [6.45, 7) is 6.58. The molecule has 4 aliphatic carbocycles. The second-order valence-corrected chi connectivity index (χ2v) is 10.0. The number of carbonyl (C=O) groups excluding carboxylic acids is 2. The Morgan fingerprint density at radius 2 is 2.04 bits per heavy atom. The Hall–Kier alpha value is -1.00. The molecular weight excluding hydrogens is 314 g/mol. The molecular formula is C21H27NO3. The summed E-state index contributed by atoms with van der Waals surface area (Å²) in [5.74, 6) is 0.848. The van der Waals surface area contributed by atoms with Crippen LogP contribution in [-0.2, 0) is 9.59 Å². The van der Waals surface area contributed by atoms with E-state index in [-0.39, 0.29) is 23.0 Å². The third-order valence-corrected chi connectivity index (χ3v) is 9.68. The van der Waals surface area contributed by atoms with Crippen LogP contribution in [0.3, 0.4) is 0 Å². The number of rotatable bonds is 0. The Balaban J connectivity index is 1.68. The summed E-state index contributed by atoms with van der Waals surface area (Å²) in [7, 11) is 0. The minimum atomic E-state index is -1.20. The highest BCUT2D eigenvalue weighted by Gasteiger charge is 2.81. The molecule has 0 aromatic rings. The highest BCUT2D eigenvalue weighted by atomic mass is 16.3. The van der Waals surface area contributed by atoms with E-state index in [0.29, 0.717) is 23.7 Å². The molecule has 2 heterocycles. The molecule has 4 nitrogen and oxygen atoms in total. The lowest BCUT2D eigenvalue weighted by molar-refractivity contribution is -0.195. The van der Waals surface area contributed by atoms with Crippen molar-refractivity contribution in [3.8, 4) is 0 Å². The zero-order valence-electron chi connectivity index (χ0n) is 15.1. The van der Waals surface area contributed by atoms with Crippen LogP contribution < -0.4 is 0 Å². The maximum absolute atomic E-state index is 14.0. The van der Waals surface area contributed by atoms with Crippen LogP contribution in [0.1, 0.15) is 46.0 Å². The number of aliphatic hydroxyl groups is 1. The normalized spacial score (nSPS) is 59.0. The molecule has 8 atom stereocenters. The third kappa shape index (κ3) is 1.25. The van der Waals surface area contributed by atoms with Gasteiger partial charge in [0.1, 0.15) is 11.4 Å². The summed E-state index contributed by atoms with van der Waals surface area (Å²) in [4.78, 5) is 29.4. The molecule has 6 aliphatic rings. The van der Waals surface area contributed by atoms with Crippen LogP contribution in [0.25, 0.3) is 0 Å². The van der Waals surface area contributed by atoms with Crippen LogP contribution in [0.15, 0.2) is 11.6 Å². The van der Waals surface area contributed by atoms with Gasteiger partial charge in [0.25, 0.3) is 0 Å². The van der Waals surface area contributed by atoms with Crippen molar-refractivity contribution in [2.24, 2.45) is 34.5 Å². The van der Waals surface area contributed by atoms with Crippen molar-refractivity contribution >= 4 is 11.6 Å². The smallest absolute Gasteiger partial charge is 0.162 e. The van der Waals surface area contributed by atoms with Gasteiger partial charge in [-0.1, -0.05) is 13.8 Å². The number of ketones is 2. The summed E-state index contributed by atoms with van der Waals surface area (Å²) in [6.07, 6.45) is 5.85. The van der Waals surface area contributed by atoms with Gasteiger partial charge < -0.3 is 5.11 Å². The van der Waals surface area contributed by atoms with Gasteiger partial charge >= 0.3 is 0 Å². The van der Waals surface area contributed by atoms with Crippen molar-refractivity contribution in [1.82, 2.24) is 4.90 Å². The number of fused-ring (bicyclic) bond motifs is 1. The summed E-state index contributed by atoms with van der Waals surface area (Å²) in [5, 5.41) is 12.1. The summed E-state index contributed by atoms with van der Waals surface area (Å²) < 4.78 is 0. The molecule has 0 unspecified atom stereocenters. The van der Waals surface area contributed by atoms with E-state index in [2.05, 4.69) is 18.7 Å². The van der Waals surface area contributed by atoms with Crippen LogP contribution in [0.5, 0.6) is 0 Å². The number of hydrogen-bond donors (Lipinski definition) is 1. The van der Waals surface area contributed by atoms with Crippen LogP contribution >= 0.6 is 0 Å². The van der Waals surface area contributed by atoms with Gasteiger partial charge in [0.2, 0.25) is 0 Å². The Labute approximate surface area is 148 Å². The van der Waals surface area contributed by atoms with Gasteiger partial charge in [-0.05, 0) is 55.6 Å². The fraction of sp³-hybridized carbons (Fsp3) is 0.810. The second kappa shape index (κ2) is 4.12. The molecule has 5 fully saturated rings. The highest BCUT2D eigenvalue weighted by molar-refractivity contribution is 6.02. The van der Waals surface area contributed by atoms with Gasteiger partial charge in [0.05, 0.1) is 11.3 Å². The maximum atomic E-state index is 14.0. The summed E-state index contributed by atoms with van der Waals surface area (Å²) in [5.41, 5.74) is -1.25. The number of piperidine rings is 1. The van der Waals surface area contributed by atoms with E-state index in [1.54, 1.807) is 6.08 Å². The predicted molar refractivity (Wildman–Crippen MR) is 91.7 cm³/mol. The monoisotopic (exact) mass is 341 g/mol. The van der Waals surface area contributed by atoms with Crippen molar-refractivity contribution in [3.05, 3.63) is 11.6 Å². The van der Waals surface area contributed by atoms with Crippen molar-refractivity contribution in [3.63, 3.8) is 0 Å². The van der Waals surface area contributed by atoms with Gasteiger partial charge in [0.15, 0.2) is 5.78 Å². The lowest BCUT2D eigenvalue weighted by atomic mass is 9.43. The Morgan fingerprint density at radius 1 is 1.24 bits per heavy atom. The van der Waals surface area contributed by atoms with Crippen molar-refractivity contribution in [2.75, 3.05) is 13.1 Å². The van der Waals surface area contributed by atoms with E-state index in [4.69, 9.17) is 0 Å². The first-order valence-corrected chi connectivity index (χ1v) is 10.1. The minimum absolute atomic E-state index is 0.0610. The van der Waals surface area contributed by atoms with Crippen LogP contribution in [0.4, 0.5) is 0 Å². The largest absolute Gasteiger partial charge is 0.384 e. The third-order valence-electron chi connectivity index (χ3n) is 9.68. The fourth-order valence-corrected chi connectivity index (χ4v) is 8.66. The number of hydrogen-bond acceptors (Lipinski definition) is 4. The molecule has 2 saturated heterocycles. The topological polar surface area (TPSA) is 57.6 Å². The quantitative estimate of drug-likeness (QED) is 0.732. The standard InChI is InChI=1S/C21H27NO3/c1-11-9-22-10-13-3-4-15-16(23)7-12-5-6-20(21(12,15)25)18(24)14(11)8-17(22)19(13,20)2/h7,11,13-15,17,25H,3-6,8-10H2,1-2H3/t11-,13-,14+,15-,17-,19-,20+,21-/m1/s1. The lowest BCUT2D eigenvalue weighted by Crippen LogP contribution is -2.71. The molecule has 0 radical (unpaired) electrons. The van der Waals surface area contributed by atoms with Crippen molar-refractivity contribution < 1.29 is 14.7 Å². The molecule has 6 rings (SSSR count). The SMILES string of the molecule is C[C@@H]1CN2C[C@H]3CC[C@@H]4C(=O)C=C5CC[C@@]6(C(=O)[C@H]1C[C@@H]2[C@@]36C)[C@@]54O. The zero-order chi connectivity index (χ0) is 17.4. The van der Waals surface area contributed by atoms with Crippen LogP contribution in [0.2, 0.25) is 0 Å². The molecule has 2 bridgehead atoms. The molecule has 1 spiro atoms. The Bertz CT molecular complexity index is 758. The Morgan fingerprint density at radius 3 is 2.84 bits per heavy atom. The zero-order valence-corrected chi connectivity index (χ0v) is 15.1. The number of allylic oxidation sites excluding steroid dienone is 1. The lowest BCUT2D eigenvalue weighted by Gasteiger charge is -2.62. The van der Waals surface area contributed by atoms with E-state index in [9.17, 15) is 14.7 Å². The van der Waals surface area contributed by atoms with E-state index >= 15 is 0 Å². The molecule has 4 heteroatoms. The van der Waals surface area contributed by atoms with Crippen LogP contribution in [-0.4, -0.2) is 46.3 Å². The molecule has 0 aromatic carbocycles. The summed E-state index contributed by atoms with van der Waals surface area (Å²) in [6, 6.07) is 0.397. The molecule has 0 amide bonds. The van der Waals surface area contributed by atoms with E-state index < -0.39 is 11.0 Å². The van der Waals surface area contributed by atoms with Gasteiger partial charge in [-0.2, -0.15) is 0 Å². The average Bonchev–Trinajstić information content (AvgIpc) is 3.07. The molecule has 1 N–H and O–H groups in total. The summed E-state index contributed by atoms with van der Waals surface area (Å²) >= 11 is 0. The van der Waals surface area contributed by atoms with Crippen molar-refractivity contribution in [1.29, 1.82) is 0 Å². The molecule has 25 heavy (non-hydrogen) atoms. The number of Topliss-reactive ketones (excluding diaryl/α,β-unsaturated/α-hetero) is 1. The van der Waals surface area contributed by atoms with E-state index in [0.717, 1.165) is 50.8 Å². The van der Waals surface area contributed by atoms with E-state index in [1.807, 2.05) is 0 Å². The minimum Gasteiger partial charge on any atom is -0.384 e. The average molecular weight is 341 g/mol. The Kier molecular flexibility index (Phi) is 2.49. The molecule has 134 valence electrons. The number of carbonyl (C=O) groups is 2. The molecule has 3 saturated carbocycles. The van der Waals surface area contributed by atoms with Crippen LogP contribution in [0, 0.1) is 34.5 Å². The first kappa shape index (κ1) is 15.1. The maximum Gasteiger partial charge on any atom is 0.162 e. The highest BCUT2D eigenvalue weighted by Crippen LogP contribution is 2.75. The molecule has 2 aliphatic heterocycles. The van der Waals surface area contributed by atoms with Gasteiger partial charge in [-0.15, -0.1) is 0 Å². The first-order valence-electron chi connectivity index (χ1n) is 10.1. The van der Waals surface area contributed by atoms with Gasteiger partial charge in [0, 0.05) is 30.5 Å².